The summed E-state index contributed by atoms with van der Waals surface area (Å²) in [6.45, 7) is 14.8. The van der Waals surface area contributed by atoms with Crippen LogP contribution in [0.15, 0.2) is 0 Å². The summed E-state index contributed by atoms with van der Waals surface area (Å²) < 4.78 is 0. The van der Waals surface area contributed by atoms with Gasteiger partial charge in [0.2, 0.25) is 0 Å². The Balaban J connectivity index is 1.47. The molecule has 10 unspecified atom stereocenters. The predicted octanol–water partition coefficient (Wildman–Crippen LogP) is 8.21. The third kappa shape index (κ3) is 3.81. The maximum atomic E-state index is 9.20. The molecule has 0 heterocycles. The van der Waals surface area contributed by atoms with Crippen LogP contribution in [0.1, 0.15) is 112 Å². The Bertz CT molecular complexity index is 587. The molecule has 0 aromatic carbocycles. The number of fused-ring (bicyclic) bond motifs is 5. The molecular weight excluding hydrogens is 368 g/mol. The maximum absolute atomic E-state index is 9.20. The van der Waals surface area contributed by atoms with Crippen LogP contribution in [0.3, 0.4) is 0 Å². The molecule has 0 spiro atoms. The van der Waals surface area contributed by atoms with Crippen LogP contribution in [0.2, 0.25) is 0 Å². The van der Waals surface area contributed by atoms with Crippen molar-refractivity contribution in [1.82, 2.24) is 0 Å². The Hall–Kier alpha value is -0.0800. The SMILES string of the molecule is CC(C)CCC(C)C1CCC2C3CCC4CC(C(C)OO)CCC4(C)C3CCC12C. The third-order valence-electron chi connectivity index (χ3n) is 11.5. The molecule has 30 heavy (non-hydrogen) atoms. The maximum Gasteiger partial charge on any atom is 0.0927 e. The molecule has 2 nitrogen and oxygen atoms in total. The minimum Gasteiger partial charge on any atom is -0.252 e. The Morgan fingerprint density at radius 3 is 2.23 bits per heavy atom. The van der Waals surface area contributed by atoms with Crippen molar-refractivity contribution in [1.29, 1.82) is 0 Å². The van der Waals surface area contributed by atoms with E-state index in [0.717, 1.165) is 41.4 Å². The first-order valence-electron chi connectivity index (χ1n) is 13.5. The van der Waals surface area contributed by atoms with Gasteiger partial charge < -0.3 is 0 Å². The van der Waals surface area contributed by atoms with Gasteiger partial charge in [-0.2, -0.15) is 0 Å². The Morgan fingerprint density at radius 2 is 1.53 bits per heavy atom. The lowest BCUT2D eigenvalue weighted by Crippen LogP contribution is -2.54. The molecule has 1 N–H and O–H groups in total. The van der Waals surface area contributed by atoms with Crippen LogP contribution in [0, 0.1) is 58.2 Å². The van der Waals surface area contributed by atoms with Crippen LogP contribution in [0.25, 0.3) is 0 Å². The number of hydrogen-bond acceptors (Lipinski definition) is 2. The summed E-state index contributed by atoms with van der Waals surface area (Å²) in [6, 6.07) is 0. The van der Waals surface area contributed by atoms with E-state index in [4.69, 9.17) is 4.89 Å². The molecule has 2 heteroatoms. The van der Waals surface area contributed by atoms with Crippen molar-refractivity contribution in [2.24, 2.45) is 58.2 Å². The van der Waals surface area contributed by atoms with Crippen LogP contribution in [0.4, 0.5) is 0 Å². The fourth-order valence-electron chi connectivity index (χ4n) is 9.58. The lowest BCUT2D eigenvalue weighted by molar-refractivity contribution is -0.290. The zero-order valence-corrected chi connectivity index (χ0v) is 20.8. The van der Waals surface area contributed by atoms with Crippen molar-refractivity contribution < 1.29 is 10.1 Å². The summed E-state index contributed by atoms with van der Waals surface area (Å²) >= 11 is 0. The van der Waals surface area contributed by atoms with Crippen LogP contribution in [-0.4, -0.2) is 11.4 Å². The zero-order chi connectivity index (χ0) is 21.7. The molecule has 174 valence electrons. The summed E-state index contributed by atoms with van der Waals surface area (Å²) in [5, 5.41) is 9.20. The summed E-state index contributed by atoms with van der Waals surface area (Å²) in [4.78, 5) is 4.75. The minimum absolute atomic E-state index is 0.00448. The van der Waals surface area contributed by atoms with Gasteiger partial charge in [0, 0.05) is 0 Å². The average molecular weight is 419 g/mol. The van der Waals surface area contributed by atoms with Crippen molar-refractivity contribution in [3.63, 3.8) is 0 Å². The van der Waals surface area contributed by atoms with Gasteiger partial charge in [-0.1, -0.05) is 47.5 Å². The molecule has 0 bridgehead atoms. The lowest BCUT2D eigenvalue weighted by Gasteiger charge is -2.61. The van der Waals surface area contributed by atoms with Crippen molar-refractivity contribution in [3.05, 3.63) is 0 Å². The summed E-state index contributed by atoms with van der Waals surface area (Å²) in [5.74, 6) is 7.03. The van der Waals surface area contributed by atoms with E-state index in [-0.39, 0.29) is 6.10 Å². The Kier molecular flexibility index (Phi) is 6.69. The van der Waals surface area contributed by atoms with E-state index >= 15 is 0 Å². The summed E-state index contributed by atoms with van der Waals surface area (Å²) in [5.41, 5.74) is 1.15. The molecule has 4 aliphatic rings. The number of hydrogen-bond donors (Lipinski definition) is 1. The van der Waals surface area contributed by atoms with Gasteiger partial charge in [-0.3, -0.25) is 5.26 Å². The molecule has 10 atom stereocenters. The monoisotopic (exact) mass is 418 g/mol. The second-order valence-corrected chi connectivity index (χ2v) is 13.2. The predicted molar refractivity (Wildman–Crippen MR) is 125 cm³/mol. The van der Waals surface area contributed by atoms with E-state index in [2.05, 4.69) is 41.5 Å². The van der Waals surface area contributed by atoms with Gasteiger partial charge in [0.05, 0.1) is 6.10 Å². The van der Waals surface area contributed by atoms with Crippen molar-refractivity contribution in [3.8, 4) is 0 Å². The molecular formula is C28H50O2. The summed E-state index contributed by atoms with van der Waals surface area (Å²) in [6.07, 6.45) is 15.6. The smallest absolute Gasteiger partial charge is 0.0927 e. The van der Waals surface area contributed by atoms with Crippen LogP contribution >= 0.6 is 0 Å². The molecule has 4 saturated carbocycles. The first-order chi connectivity index (χ1) is 14.2. The normalized spacial score (nSPS) is 48.0. The third-order valence-corrected chi connectivity index (χ3v) is 11.5. The van der Waals surface area contributed by atoms with Crippen LogP contribution in [0.5, 0.6) is 0 Å². The molecule has 4 fully saturated rings. The van der Waals surface area contributed by atoms with E-state index < -0.39 is 0 Å². The van der Waals surface area contributed by atoms with Crippen molar-refractivity contribution >= 4 is 0 Å². The average Bonchev–Trinajstić information content (AvgIpc) is 3.08. The van der Waals surface area contributed by atoms with Gasteiger partial charge in [0.25, 0.3) is 0 Å². The standard InChI is InChI=1S/C28H50O2/c1-18(2)7-8-19(3)24-11-12-25-23-10-9-22-17-21(20(4)30-29)13-15-27(22,5)26(23)14-16-28(24,25)6/h18-26,29H,7-17H2,1-6H3. The highest BCUT2D eigenvalue weighted by Crippen LogP contribution is 2.68. The van der Waals surface area contributed by atoms with Crippen molar-refractivity contribution in [2.45, 2.75) is 118 Å². The van der Waals surface area contributed by atoms with E-state index in [1.807, 2.05) is 0 Å². The Labute approximate surface area is 186 Å². The van der Waals surface area contributed by atoms with Gasteiger partial charge in [0.1, 0.15) is 0 Å². The van der Waals surface area contributed by atoms with Gasteiger partial charge in [0.15, 0.2) is 0 Å². The fourth-order valence-corrected chi connectivity index (χ4v) is 9.58. The molecule has 4 aliphatic carbocycles. The van der Waals surface area contributed by atoms with Gasteiger partial charge in [-0.05, 0) is 123 Å². The molecule has 0 amide bonds. The lowest BCUT2D eigenvalue weighted by atomic mass is 9.44. The van der Waals surface area contributed by atoms with E-state index in [9.17, 15) is 5.26 Å². The van der Waals surface area contributed by atoms with Crippen LogP contribution in [-0.2, 0) is 4.89 Å². The largest absolute Gasteiger partial charge is 0.252 e. The van der Waals surface area contributed by atoms with E-state index in [0.29, 0.717) is 16.7 Å². The second kappa shape index (κ2) is 8.69. The molecule has 0 radical (unpaired) electrons. The number of rotatable bonds is 6. The molecule has 4 rings (SSSR count). The summed E-state index contributed by atoms with van der Waals surface area (Å²) in [7, 11) is 0. The zero-order valence-electron chi connectivity index (χ0n) is 20.8. The van der Waals surface area contributed by atoms with E-state index in [1.165, 1.54) is 70.6 Å². The van der Waals surface area contributed by atoms with E-state index in [1.54, 1.807) is 0 Å². The fraction of sp³-hybridized carbons (Fsp3) is 1.00. The topological polar surface area (TPSA) is 29.5 Å². The first-order valence-corrected chi connectivity index (χ1v) is 13.5. The quantitative estimate of drug-likeness (QED) is 0.348. The Morgan fingerprint density at radius 1 is 0.833 bits per heavy atom. The first kappa shape index (κ1) is 23.1. The van der Waals surface area contributed by atoms with Gasteiger partial charge in [-0.15, -0.1) is 0 Å². The van der Waals surface area contributed by atoms with Gasteiger partial charge in [-0.25, -0.2) is 4.89 Å². The molecule has 0 aromatic rings. The molecule has 0 aliphatic heterocycles. The molecule has 0 saturated heterocycles. The minimum atomic E-state index is 0.00448. The highest BCUT2D eigenvalue weighted by molar-refractivity contribution is 5.09. The van der Waals surface area contributed by atoms with Gasteiger partial charge >= 0.3 is 0 Å². The molecule has 0 aromatic heterocycles. The van der Waals surface area contributed by atoms with Crippen LogP contribution < -0.4 is 0 Å². The van der Waals surface area contributed by atoms with Crippen molar-refractivity contribution in [2.75, 3.05) is 0 Å². The second-order valence-electron chi connectivity index (χ2n) is 13.2. The highest BCUT2D eigenvalue weighted by atomic mass is 17.1. The highest BCUT2D eigenvalue weighted by Gasteiger charge is 2.60.